The molecule has 0 radical (unpaired) electrons. The number of fused-ring (bicyclic) bond motifs is 6. The maximum Gasteiger partial charge on any atom is 0.164 e. The van der Waals surface area contributed by atoms with Crippen LogP contribution in [0.2, 0.25) is 0 Å². The van der Waals surface area contributed by atoms with Crippen LogP contribution in [-0.2, 0) is 0 Å². The van der Waals surface area contributed by atoms with Gasteiger partial charge in [0.15, 0.2) is 17.5 Å². The summed E-state index contributed by atoms with van der Waals surface area (Å²) in [6.07, 6.45) is 3.95. The van der Waals surface area contributed by atoms with Crippen LogP contribution in [-0.4, -0.2) is 19.5 Å². The number of hydrogen-bond acceptors (Lipinski definition) is 4. The van der Waals surface area contributed by atoms with Crippen molar-refractivity contribution in [3.8, 4) is 39.6 Å². The third kappa shape index (κ3) is 4.59. The Kier molecular flexibility index (Phi) is 6.56. The van der Waals surface area contributed by atoms with Crippen molar-refractivity contribution in [2.24, 2.45) is 0 Å². The molecule has 0 saturated carbocycles. The van der Waals surface area contributed by atoms with E-state index in [1.165, 1.54) is 21.8 Å². The zero-order valence-electron chi connectivity index (χ0n) is 27.1. The van der Waals surface area contributed by atoms with Crippen molar-refractivity contribution in [1.82, 2.24) is 19.5 Å². The molecule has 9 aromatic rings. The van der Waals surface area contributed by atoms with Gasteiger partial charge < -0.3 is 8.98 Å². The number of furan rings is 1. The molecule has 50 heavy (non-hydrogen) atoms. The van der Waals surface area contributed by atoms with E-state index in [0.717, 1.165) is 68.0 Å². The molecular weight excluding hydrogens is 613 g/mol. The zero-order chi connectivity index (χ0) is 33.0. The molecule has 6 aromatic carbocycles. The molecule has 0 saturated heterocycles. The Morgan fingerprint density at radius 2 is 1.04 bits per heavy atom. The maximum atomic E-state index is 6.88. The van der Waals surface area contributed by atoms with Gasteiger partial charge in [-0.2, -0.15) is 0 Å². The lowest BCUT2D eigenvalue weighted by Crippen LogP contribution is -2.27. The van der Waals surface area contributed by atoms with Crippen molar-refractivity contribution in [3.63, 3.8) is 0 Å². The van der Waals surface area contributed by atoms with E-state index >= 15 is 0 Å². The van der Waals surface area contributed by atoms with Gasteiger partial charge in [-0.3, -0.25) is 0 Å². The molecule has 0 fully saturated rings. The van der Waals surface area contributed by atoms with Gasteiger partial charge in [0, 0.05) is 49.3 Å². The van der Waals surface area contributed by atoms with Crippen LogP contribution in [0.1, 0.15) is 18.7 Å². The second-order valence-electron chi connectivity index (χ2n) is 12.7. The zero-order valence-corrected chi connectivity index (χ0v) is 27.1. The van der Waals surface area contributed by atoms with Crippen LogP contribution >= 0.6 is 0 Å². The minimum absolute atomic E-state index is 0.651. The Labute approximate surface area is 288 Å². The molecular formula is C45H30N4O. The summed E-state index contributed by atoms with van der Waals surface area (Å²) in [5.74, 6) is 1.96. The second-order valence-corrected chi connectivity index (χ2v) is 12.7. The molecule has 0 amide bonds. The Bertz CT molecular complexity index is 2740. The SMILES string of the molecule is C1=c2c(oc3c(-c4ccc(-n5c6ccccc6c6ccccc65)cc4)cccc23)=C(c2nc(-c3ccccc3)nc(-c3ccccc3)n2)CC1. The molecule has 0 unspecified atom stereocenters. The van der Waals surface area contributed by atoms with Crippen molar-refractivity contribution < 1.29 is 4.42 Å². The summed E-state index contributed by atoms with van der Waals surface area (Å²) in [6.45, 7) is 0. The van der Waals surface area contributed by atoms with Crippen molar-refractivity contribution in [1.29, 1.82) is 0 Å². The summed E-state index contributed by atoms with van der Waals surface area (Å²) < 4.78 is 9.22. The quantitative estimate of drug-likeness (QED) is 0.188. The number of hydrogen-bond donors (Lipinski definition) is 0. The fraction of sp³-hybridized carbons (Fsp3) is 0.0444. The summed E-state index contributed by atoms with van der Waals surface area (Å²) in [5, 5.41) is 4.72. The van der Waals surface area contributed by atoms with Crippen LogP contribution in [0.3, 0.4) is 0 Å². The molecule has 10 rings (SSSR count). The predicted molar refractivity (Wildman–Crippen MR) is 202 cm³/mol. The highest BCUT2D eigenvalue weighted by Gasteiger charge is 2.20. The summed E-state index contributed by atoms with van der Waals surface area (Å²) in [6, 6.07) is 52.7. The molecule has 1 aliphatic carbocycles. The molecule has 3 heterocycles. The van der Waals surface area contributed by atoms with E-state index in [1.54, 1.807) is 0 Å². The van der Waals surface area contributed by atoms with E-state index in [1.807, 2.05) is 60.7 Å². The van der Waals surface area contributed by atoms with Gasteiger partial charge in [0.1, 0.15) is 11.0 Å². The minimum Gasteiger partial charge on any atom is -0.455 e. The Morgan fingerprint density at radius 1 is 0.480 bits per heavy atom. The molecule has 0 atom stereocenters. The van der Waals surface area contributed by atoms with Gasteiger partial charge in [0.05, 0.1) is 11.0 Å². The van der Waals surface area contributed by atoms with Crippen molar-refractivity contribution in [2.75, 3.05) is 0 Å². The smallest absolute Gasteiger partial charge is 0.164 e. The standard InChI is InChI=1S/C45H30N4O/c1-3-13-30(14-4-1)43-46-44(31-15-5-2-6-16-31)48-45(47-43)38-22-12-21-37-36-20-11-19-33(41(36)50-42(37)38)29-25-27-32(28-26-29)49-39-23-9-7-17-34(39)35-18-8-10-24-40(35)49/h1-11,13-21,23-28H,12,22H2. The Balaban J connectivity index is 1.13. The summed E-state index contributed by atoms with van der Waals surface area (Å²) in [5.41, 5.74) is 10.3. The summed E-state index contributed by atoms with van der Waals surface area (Å²) >= 11 is 0. The van der Waals surface area contributed by atoms with E-state index in [9.17, 15) is 0 Å². The highest BCUT2D eigenvalue weighted by atomic mass is 16.3. The first-order chi connectivity index (χ1) is 24.8. The van der Waals surface area contributed by atoms with E-state index in [-0.39, 0.29) is 0 Å². The van der Waals surface area contributed by atoms with Gasteiger partial charge in [0.25, 0.3) is 0 Å². The third-order valence-electron chi connectivity index (χ3n) is 9.76. The average Bonchev–Trinajstić information content (AvgIpc) is 3.75. The van der Waals surface area contributed by atoms with E-state index < -0.39 is 0 Å². The van der Waals surface area contributed by atoms with Gasteiger partial charge >= 0.3 is 0 Å². The van der Waals surface area contributed by atoms with Gasteiger partial charge in [-0.15, -0.1) is 0 Å². The second kappa shape index (κ2) is 11.5. The highest BCUT2D eigenvalue weighted by Crippen LogP contribution is 2.34. The number of para-hydroxylation sites is 3. The molecule has 0 spiro atoms. The Morgan fingerprint density at radius 3 is 1.68 bits per heavy atom. The molecule has 1 aliphatic rings. The number of benzene rings is 6. The van der Waals surface area contributed by atoms with Crippen LogP contribution in [0.15, 0.2) is 156 Å². The van der Waals surface area contributed by atoms with Crippen LogP contribution < -0.4 is 10.6 Å². The van der Waals surface area contributed by atoms with Crippen LogP contribution in [0.25, 0.3) is 84.0 Å². The maximum absolute atomic E-state index is 6.88. The van der Waals surface area contributed by atoms with Crippen LogP contribution in [0.4, 0.5) is 0 Å². The number of aromatic nitrogens is 4. The average molecular weight is 643 g/mol. The third-order valence-corrected chi connectivity index (χ3v) is 9.76. The van der Waals surface area contributed by atoms with E-state index in [0.29, 0.717) is 17.5 Å². The van der Waals surface area contributed by atoms with E-state index in [2.05, 4.69) is 102 Å². The van der Waals surface area contributed by atoms with Gasteiger partial charge in [-0.05, 0) is 42.7 Å². The summed E-state index contributed by atoms with van der Waals surface area (Å²) in [7, 11) is 0. The van der Waals surface area contributed by atoms with Crippen molar-refractivity contribution >= 4 is 44.4 Å². The van der Waals surface area contributed by atoms with Crippen LogP contribution in [0, 0.1) is 0 Å². The lowest BCUT2D eigenvalue weighted by atomic mass is 10.00. The van der Waals surface area contributed by atoms with E-state index in [4.69, 9.17) is 19.4 Å². The lowest BCUT2D eigenvalue weighted by molar-refractivity contribution is 0.568. The Hall–Kier alpha value is -6.59. The predicted octanol–water partition coefficient (Wildman–Crippen LogP) is 9.49. The summed E-state index contributed by atoms with van der Waals surface area (Å²) in [4.78, 5) is 15.0. The topological polar surface area (TPSA) is 56.7 Å². The fourth-order valence-electron chi connectivity index (χ4n) is 7.41. The van der Waals surface area contributed by atoms with Gasteiger partial charge in [-0.25, -0.2) is 15.0 Å². The first-order valence-corrected chi connectivity index (χ1v) is 17.0. The number of nitrogens with zero attached hydrogens (tertiary/aromatic N) is 4. The van der Waals surface area contributed by atoms with Crippen molar-refractivity contribution in [2.45, 2.75) is 12.8 Å². The van der Waals surface area contributed by atoms with Gasteiger partial charge in [0.2, 0.25) is 0 Å². The lowest BCUT2D eigenvalue weighted by Gasteiger charge is -2.11. The molecule has 236 valence electrons. The molecule has 0 bridgehead atoms. The highest BCUT2D eigenvalue weighted by molar-refractivity contribution is 6.09. The molecule has 0 N–H and O–H groups in total. The molecule has 5 nitrogen and oxygen atoms in total. The van der Waals surface area contributed by atoms with Crippen molar-refractivity contribution in [3.05, 3.63) is 168 Å². The van der Waals surface area contributed by atoms with Crippen LogP contribution in [0.5, 0.6) is 0 Å². The number of rotatable bonds is 5. The monoisotopic (exact) mass is 642 g/mol. The first-order valence-electron chi connectivity index (χ1n) is 17.0. The fourth-order valence-corrected chi connectivity index (χ4v) is 7.41. The molecule has 0 aliphatic heterocycles. The normalized spacial score (nSPS) is 12.8. The largest absolute Gasteiger partial charge is 0.455 e. The first kappa shape index (κ1) is 28.4. The van der Waals surface area contributed by atoms with Gasteiger partial charge in [-0.1, -0.05) is 133 Å². The molecule has 5 heteroatoms. The minimum atomic E-state index is 0.651. The molecule has 3 aromatic heterocycles.